The summed E-state index contributed by atoms with van der Waals surface area (Å²) in [5.74, 6) is 0.638. The summed E-state index contributed by atoms with van der Waals surface area (Å²) in [6.07, 6.45) is 1.06. The molecule has 2 unspecified atom stereocenters. The van der Waals surface area contributed by atoms with Crippen molar-refractivity contribution < 1.29 is 4.79 Å². The minimum atomic E-state index is -0.228. The second-order valence-electron chi connectivity index (χ2n) is 8.06. The number of nitrogens with zero attached hydrogens (tertiary/aromatic N) is 2. The lowest BCUT2D eigenvalue weighted by atomic mass is 10.1. The highest BCUT2D eigenvalue weighted by Crippen LogP contribution is 2.20. The summed E-state index contributed by atoms with van der Waals surface area (Å²) in [7, 11) is 1.73. The third kappa shape index (κ3) is 8.47. The van der Waals surface area contributed by atoms with Gasteiger partial charge in [-0.1, -0.05) is 30.3 Å². The molecule has 0 aromatic heterocycles. The van der Waals surface area contributed by atoms with Crippen molar-refractivity contribution >= 4 is 35.8 Å². The fourth-order valence-electron chi connectivity index (χ4n) is 3.26. The van der Waals surface area contributed by atoms with Crippen LogP contribution in [0.5, 0.6) is 0 Å². The molecule has 1 aliphatic rings. The predicted octanol–water partition coefficient (Wildman–Crippen LogP) is 2.35. The van der Waals surface area contributed by atoms with Crippen molar-refractivity contribution in [2.75, 3.05) is 20.1 Å². The first-order valence-electron chi connectivity index (χ1n) is 9.33. The number of nitrogens with one attached hydrogen (secondary N) is 3. The first-order valence-corrected chi connectivity index (χ1v) is 9.33. The fourth-order valence-corrected chi connectivity index (χ4v) is 3.26. The number of guanidine groups is 1. The Morgan fingerprint density at radius 3 is 2.52 bits per heavy atom. The van der Waals surface area contributed by atoms with Crippen molar-refractivity contribution in [2.24, 2.45) is 4.99 Å². The SMILES string of the molecule is CN=C(NCC(=O)NC(C)(C)C)NC1CC(C)N(Cc2ccccc2)C1.I. The van der Waals surface area contributed by atoms with E-state index in [0.29, 0.717) is 18.0 Å². The lowest BCUT2D eigenvalue weighted by Crippen LogP contribution is -2.50. The highest BCUT2D eigenvalue weighted by molar-refractivity contribution is 14.0. The molecule has 3 N–H and O–H groups in total. The van der Waals surface area contributed by atoms with Gasteiger partial charge < -0.3 is 16.0 Å². The van der Waals surface area contributed by atoms with Crippen LogP contribution in [0.15, 0.2) is 35.3 Å². The number of aliphatic imine (C=N–C) groups is 1. The number of halogens is 1. The van der Waals surface area contributed by atoms with E-state index in [0.717, 1.165) is 19.5 Å². The summed E-state index contributed by atoms with van der Waals surface area (Å²) >= 11 is 0. The largest absolute Gasteiger partial charge is 0.352 e. The zero-order valence-corrected chi connectivity index (χ0v) is 19.4. The maximum atomic E-state index is 12.0. The standard InChI is InChI=1S/C20H33N5O.HI/c1-15-11-17(14-25(15)13-16-9-7-6-8-10-16)23-19(21-5)22-12-18(26)24-20(2,3)4;/h6-10,15,17H,11-14H2,1-5H3,(H,24,26)(H2,21,22,23);1H. The van der Waals surface area contributed by atoms with E-state index in [1.807, 2.05) is 26.8 Å². The molecule has 6 nitrogen and oxygen atoms in total. The van der Waals surface area contributed by atoms with Gasteiger partial charge in [0.2, 0.25) is 5.91 Å². The molecule has 27 heavy (non-hydrogen) atoms. The van der Waals surface area contributed by atoms with E-state index in [1.54, 1.807) is 7.05 Å². The van der Waals surface area contributed by atoms with Crippen LogP contribution in [-0.4, -0.2) is 54.5 Å². The smallest absolute Gasteiger partial charge is 0.239 e. The first-order chi connectivity index (χ1) is 12.3. The van der Waals surface area contributed by atoms with Gasteiger partial charge in [0.05, 0.1) is 6.54 Å². The molecule has 0 aliphatic carbocycles. The van der Waals surface area contributed by atoms with E-state index in [4.69, 9.17) is 0 Å². The average Bonchev–Trinajstić information content (AvgIpc) is 2.90. The Hall–Kier alpha value is -1.35. The molecule has 1 aliphatic heterocycles. The normalized spacial score (nSPS) is 20.7. The molecule has 1 aromatic carbocycles. The third-order valence-corrected chi connectivity index (χ3v) is 4.43. The van der Waals surface area contributed by atoms with Crippen LogP contribution in [0.3, 0.4) is 0 Å². The molecule has 7 heteroatoms. The van der Waals surface area contributed by atoms with Crippen LogP contribution in [0.25, 0.3) is 0 Å². The number of carbonyl (C=O) groups excluding carboxylic acids is 1. The molecule has 1 heterocycles. The zero-order chi connectivity index (χ0) is 19.2. The van der Waals surface area contributed by atoms with E-state index in [1.165, 1.54) is 5.56 Å². The lowest BCUT2D eigenvalue weighted by Gasteiger charge is -2.22. The Morgan fingerprint density at radius 2 is 1.93 bits per heavy atom. The van der Waals surface area contributed by atoms with Gasteiger partial charge in [-0.2, -0.15) is 0 Å². The number of carbonyl (C=O) groups is 1. The van der Waals surface area contributed by atoms with E-state index in [9.17, 15) is 4.79 Å². The fraction of sp³-hybridized carbons (Fsp3) is 0.600. The van der Waals surface area contributed by atoms with Gasteiger partial charge in [-0.3, -0.25) is 14.7 Å². The molecule has 1 amide bonds. The summed E-state index contributed by atoms with van der Waals surface area (Å²) in [6.45, 7) is 10.3. The van der Waals surface area contributed by atoms with Crippen LogP contribution in [0.4, 0.5) is 0 Å². The number of likely N-dealkylation sites (tertiary alicyclic amines) is 1. The molecule has 2 atom stereocenters. The van der Waals surface area contributed by atoms with Gasteiger partial charge in [0.25, 0.3) is 0 Å². The van der Waals surface area contributed by atoms with Crippen molar-refractivity contribution in [1.29, 1.82) is 0 Å². The molecule has 0 bridgehead atoms. The second-order valence-corrected chi connectivity index (χ2v) is 8.06. The number of amides is 1. The summed E-state index contributed by atoms with van der Waals surface area (Å²) < 4.78 is 0. The minimum Gasteiger partial charge on any atom is -0.352 e. The molecule has 1 aromatic rings. The van der Waals surface area contributed by atoms with Crippen LogP contribution in [-0.2, 0) is 11.3 Å². The maximum absolute atomic E-state index is 12.0. The van der Waals surface area contributed by atoms with E-state index in [-0.39, 0.29) is 42.0 Å². The van der Waals surface area contributed by atoms with Gasteiger partial charge in [-0.05, 0) is 39.7 Å². The maximum Gasteiger partial charge on any atom is 0.239 e. The Labute approximate surface area is 180 Å². The topological polar surface area (TPSA) is 68.8 Å². The highest BCUT2D eigenvalue weighted by Gasteiger charge is 2.29. The van der Waals surface area contributed by atoms with Crippen LogP contribution in [0, 0.1) is 0 Å². The first kappa shape index (κ1) is 23.7. The number of rotatable bonds is 5. The Bertz CT molecular complexity index is 615. The molecule has 1 saturated heterocycles. The van der Waals surface area contributed by atoms with Crippen molar-refractivity contribution in [1.82, 2.24) is 20.9 Å². The molecular formula is C20H34IN5O. The Balaban J connectivity index is 0.00000364. The number of hydrogen-bond donors (Lipinski definition) is 3. The number of benzene rings is 1. The Kier molecular flexibility index (Phi) is 9.52. The van der Waals surface area contributed by atoms with Gasteiger partial charge in [0.1, 0.15) is 0 Å². The lowest BCUT2D eigenvalue weighted by molar-refractivity contribution is -0.121. The molecule has 0 radical (unpaired) electrons. The summed E-state index contributed by atoms with van der Waals surface area (Å²) in [4.78, 5) is 18.7. The third-order valence-electron chi connectivity index (χ3n) is 4.43. The molecule has 152 valence electrons. The van der Waals surface area contributed by atoms with Gasteiger partial charge in [-0.15, -0.1) is 24.0 Å². The number of hydrogen-bond acceptors (Lipinski definition) is 3. The van der Waals surface area contributed by atoms with Gasteiger partial charge in [0, 0.05) is 37.8 Å². The van der Waals surface area contributed by atoms with Crippen LogP contribution >= 0.6 is 24.0 Å². The van der Waals surface area contributed by atoms with Crippen LogP contribution < -0.4 is 16.0 Å². The summed E-state index contributed by atoms with van der Waals surface area (Å²) in [6, 6.07) is 11.4. The Morgan fingerprint density at radius 1 is 1.26 bits per heavy atom. The quantitative estimate of drug-likeness (QED) is 0.339. The van der Waals surface area contributed by atoms with Gasteiger partial charge >= 0.3 is 0 Å². The van der Waals surface area contributed by atoms with Crippen LogP contribution in [0.1, 0.15) is 39.7 Å². The van der Waals surface area contributed by atoms with Crippen molar-refractivity contribution in [2.45, 2.75) is 58.3 Å². The average molecular weight is 487 g/mol. The highest BCUT2D eigenvalue weighted by atomic mass is 127. The van der Waals surface area contributed by atoms with Crippen molar-refractivity contribution in [3.05, 3.63) is 35.9 Å². The molecule has 0 spiro atoms. The summed E-state index contributed by atoms with van der Waals surface area (Å²) in [5, 5.41) is 9.49. The predicted molar refractivity (Wildman–Crippen MR) is 123 cm³/mol. The molecule has 1 fully saturated rings. The zero-order valence-electron chi connectivity index (χ0n) is 17.1. The van der Waals surface area contributed by atoms with Crippen molar-refractivity contribution in [3.8, 4) is 0 Å². The monoisotopic (exact) mass is 487 g/mol. The van der Waals surface area contributed by atoms with E-state index < -0.39 is 0 Å². The van der Waals surface area contributed by atoms with E-state index >= 15 is 0 Å². The molecule has 2 rings (SSSR count). The van der Waals surface area contributed by atoms with Crippen molar-refractivity contribution in [3.63, 3.8) is 0 Å². The van der Waals surface area contributed by atoms with Gasteiger partial charge in [-0.25, -0.2) is 0 Å². The van der Waals surface area contributed by atoms with Gasteiger partial charge in [0.15, 0.2) is 5.96 Å². The second kappa shape index (κ2) is 10.8. The minimum absolute atomic E-state index is 0. The summed E-state index contributed by atoms with van der Waals surface area (Å²) in [5.41, 5.74) is 1.11. The molecule has 0 saturated carbocycles. The molecular weight excluding hydrogens is 453 g/mol. The van der Waals surface area contributed by atoms with Crippen LogP contribution in [0.2, 0.25) is 0 Å². The van der Waals surface area contributed by atoms with E-state index in [2.05, 4.69) is 57.0 Å².